The summed E-state index contributed by atoms with van der Waals surface area (Å²) in [5, 5.41) is 4.95. The van der Waals surface area contributed by atoms with Crippen LogP contribution in [0.15, 0.2) is 53.3 Å². The van der Waals surface area contributed by atoms with E-state index in [4.69, 9.17) is 0 Å². The number of fused-ring (bicyclic) bond motifs is 1. The Kier molecular flexibility index (Phi) is 6.33. The summed E-state index contributed by atoms with van der Waals surface area (Å²) in [6.45, 7) is 2.44. The van der Waals surface area contributed by atoms with Gasteiger partial charge in [0.2, 0.25) is 0 Å². The van der Waals surface area contributed by atoms with Crippen LogP contribution in [0.2, 0.25) is 0 Å². The predicted molar refractivity (Wildman–Crippen MR) is 107 cm³/mol. The highest BCUT2D eigenvalue weighted by Crippen LogP contribution is 2.13. The fourth-order valence-electron chi connectivity index (χ4n) is 2.95. The van der Waals surface area contributed by atoms with Gasteiger partial charge in [-0.2, -0.15) is 5.10 Å². The fraction of sp³-hybridized carbons (Fsp3) is 0.238. The lowest BCUT2D eigenvalue weighted by Gasteiger charge is -2.12. The molecule has 150 valence electrons. The van der Waals surface area contributed by atoms with Crippen LogP contribution in [0.3, 0.4) is 0 Å². The maximum Gasteiger partial charge on any atom is 0.290 e. The Bertz CT molecular complexity index is 1110. The number of aromatic nitrogens is 2. The summed E-state index contributed by atoms with van der Waals surface area (Å²) >= 11 is 0. The van der Waals surface area contributed by atoms with Crippen LogP contribution in [0.4, 0.5) is 4.39 Å². The molecule has 3 rings (SSSR count). The van der Waals surface area contributed by atoms with Crippen molar-refractivity contribution in [1.29, 1.82) is 0 Å². The van der Waals surface area contributed by atoms with Crippen molar-refractivity contribution in [1.82, 2.24) is 20.6 Å². The number of halogens is 1. The first kappa shape index (κ1) is 20.2. The van der Waals surface area contributed by atoms with Gasteiger partial charge in [0, 0.05) is 11.9 Å². The highest BCUT2D eigenvalue weighted by atomic mass is 19.1. The largest absolute Gasteiger partial charge is 0.290 e. The lowest BCUT2D eigenvalue weighted by Crippen LogP contribution is -2.43. The molecular weight excluding hydrogens is 375 g/mol. The van der Waals surface area contributed by atoms with Gasteiger partial charge in [0.05, 0.1) is 10.9 Å². The van der Waals surface area contributed by atoms with E-state index in [1.807, 2.05) is 6.92 Å². The number of carbonyl (C=O) groups excluding carboxylic acids is 2. The van der Waals surface area contributed by atoms with Gasteiger partial charge in [-0.3, -0.25) is 25.2 Å². The molecule has 2 aromatic carbocycles. The number of hydrogen-bond donors (Lipinski definition) is 2. The molecule has 8 heteroatoms. The van der Waals surface area contributed by atoms with E-state index in [1.165, 1.54) is 22.9 Å². The summed E-state index contributed by atoms with van der Waals surface area (Å²) in [6, 6.07) is 12.1. The van der Waals surface area contributed by atoms with Crippen LogP contribution in [0.25, 0.3) is 10.8 Å². The van der Waals surface area contributed by atoms with Gasteiger partial charge in [-0.15, -0.1) is 0 Å². The molecule has 0 aliphatic rings. The molecular formula is C21H21FN4O3. The van der Waals surface area contributed by atoms with Crippen LogP contribution in [0.1, 0.15) is 47.0 Å². The van der Waals surface area contributed by atoms with Gasteiger partial charge in [-0.25, -0.2) is 9.07 Å². The van der Waals surface area contributed by atoms with Gasteiger partial charge < -0.3 is 0 Å². The lowest BCUT2D eigenvalue weighted by molar-refractivity contribution is 0.0841. The zero-order valence-corrected chi connectivity index (χ0v) is 15.9. The minimum atomic E-state index is -0.794. The first-order chi connectivity index (χ1) is 14.0. The summed E-state index contributed by atoms with van der Waals surface area (Å²) in [5.41, 5.74) is 3.96. The number of hydrazine groups is 1. The van der Waals surface area contributed by atoms with Crippen molar-refractivity contribution in [2.45, 2.75) is 32.7 Å². The van der Waals surface area contributed by atoms with Crippen molar-refractivity contribution >= 4 is 22.6 Å². The topological polar surface area (TPSA) is 93.1 Å². The number of aryl methyl sites for hydroxylation is 1. The molecule has 2 N–H and O–H groups in total. The van der Waals surface area contributed by atoms with E-state index in [0.717, 1.165) is 25.3 Å². The van der Waals surface area contributed by atoms with E-state index in [0.29, 0.717) is 17.3 Å². The Morgan fingerprint density at radius 2 is 1.62 bits per heavy atom. The van der Waals surface area contributed by atoms with E-state index in [9.17, 15) is 18.8 Å². The van der Waals surface area contributed by atoms with E-state index in [2.05, 4.69) is 16.0 Å². The summed E-state index contributed by atoms with van der Waals surface area (Å²) in [7, 11) is 0. The van der Waals surface area contributed by atoms with Crippen molar-refractivity contribution in [2.75, 3.05) is 0 Å². The van der Waals surface area contributed by atoms with E-state index < -0.39 is 17.6 Å². The molecule has 3 aromatic rings. The SMILES string of the molecule is CCCCCn1nc(C(=O)NNC(=O)c2ccccc2F)c2ccccc2c1=O. The molecule has 0 radical (unpaired) electrons. The minimum Gasteiger partial charge on any atom is -0.267 e. The number of rotatable bonds is 6. The molecule has 29 heavy (non-hydrogen) atoms. The average molecular weight is 396 g/mol. The first-order valence-corrected chi connectivity index (χ1v) is 9.38. The van der Waals surface area contributed by atoms with E-state index in [-0.39, 0.29) is 16.8 Å². The molecule has 1 heterocycles. The molecule has 1 aromatic heterocycles. The Labute approximate surface area is 166 Å². The van der Waals surface area contributed by atoms with Gasteiger partial charge in [0.1, 0.15) is 5.82 Å². The van der Waals surface area contributed by atoms with E-state index >= 15 is 0 Å². The summed E-state index contributed by atoms with van der Waals surface area (Å²) < 4.78 is 15.0. The molecule has 0 bridgehead atoms. The molecule has 0 unspecified atom stereocenters. The summed E-state index contributed by atoms with van der Waals surface area (Å²) in [5.74, 6) is -2.19. The molecule has 0 saturated heterocycles. The third-order valence-corrected chi connectivity index (χ3v) is 4.46. The van der Waals surface area contributed by atoms with E-state index in [1.54, 1.807) is 24.3 Å². The Morgan fingerprint density at radius 1 is 0.966 bits per heavy atom. The monoisotopic (exact) mass is 396 g/mol. The lowest BCUT2D eigenvalue weighted by atomic mass is 10.1. The second kappa shape index (κ2) is 9.09. The van der Waals surface area contributed by atoms with Crippen LogP contribution in [0, 0.1) is 5.82 Å². The van der Waals surface area contributed by atoms with Crippen LogP contribution in [0.5, 0.6) is 0 Å². The van der Waals surface area contributed by atoms with Crippen LogP contribution >= 0.6 is 0 Å². The summed E-state index contributed by atoms with van der Waals surface area (Å²) in [4.78, 5) is 37.4. The number of unbranched alkanes of at least 4 members (excludes halogenated alkanes) is 2. The number of nitrogens with one attached hydrogen (secondary N) is 2. The van der Waals surface area contributed by atoms with Crippen molar-refractivity contribution in [3.8, 4) is 0 Å². The quantitative estimate of drug-likeness (QED) is 0.495. The fourth-order valence-corrected chi connectivity index (χ4v) is 2.95. The molecule has 0 fully saturated rings. The van der Waals surface area contributed by atoms with Gasteiger partial charge in [0.25, 0.3) is 17.4 Å². The molecule has 2 amide bonds. The number of amides is 2. The molecule has 0 aliphatic carbocycles. The molecule has 0 saturated carbocycles. The maximum atomic E-state index is 13.7. The molecule has 0 atom stereocenters. The van der Waals surface area contributed by atoms with Gasteiger partial charge in [-0.05, 0) is 24.6 Å². The second-order valence-electron chi connectivity index (χ2n) is 6.52. The second-order valence-corrected chi connectivity index (χ2v) is 6.52. The minimum absolute atomic E-state index is 0.00512. The van der Waals surface area contributed by atoms with Crippen LogP contribution in [-0.4, -0.2) is 21.6 Å². The number of hydrogen-bond acceptors (Lipinski definition) is 4. The Morgan fingerprint density at radius 3 is 2.34 bits per heavy atom. The first-order valence-electron chi connectivity index (χ1n) is 9.38. The zero-order chi connectivity index (χ0) is 20.8. The van der Waals surface area contributed by atoms with Gasteiger partial charge in [-0.1, -0.05) is 50.1 Å². The standard InChI is InChI=1S/C21H21FN4O3/c1-2-3-8-13-26-21(29)15-10-5-4-9-14(15)18(25-26)20(28)24-23-19(27)16-11-6-7-12-17(16)22/h4-7,9-12H,2-3,8,13H2,1H3,(H,23,27)(H,24,28). The van der Waals surface area contributed by atoms with Gasteiger partial charge >= 0.3 is 0 Å². The van der Waals surface area contributed by atoms with Crippen molar-refractivity contribution in [3.63, 3.8) is 0 Å². The number of benzene rings is 2. The molecule has 0 spiro atoms. The molecule has 0 aliphatic heterocycles. The van der Waals surface area contributed by atoms with Crippen molar-refractivity contribution in [2.24, 2.45) is 0 Å². The highest BCUT2D eigenvalue weighted by Gasteiger charge is 2.18. The number of nitrogens with zero attached hydrogens (tertiary/aromatic N) is 2. The average Bonchev–Trinajstić information content (AvgIpc) is 2.74. The predicted octanol–water partition coefficient (Wildman–Crippen LogP) is 2.80. The van der Waals surface area contributed by atoms with Crippen LogP contribution in [-0.2, 0) is 6.54 Å². The Hall–Kier alpha value is -3.55. The van der Waals surface area contributed by atoms with Gasteiger partial charge in [0.15, 0.2) is 5.69 Å². The number of carbonyl (C=O) groups is 2. The third kappa shape index (κ3) is 4.48. The van der Waals surface area contributed by atoms with Crippen LogP contribution < -0.4 is 16.4 Å². The Balaban J connectivity index is 1.86. The summed E-state index contributed by atoms with van der Waals surface area (Å²) in [6.07, 6.45) is 2.67. The molecule has 7 nitrogen and oxygen atoms in total. The smallest absolute Gasteiger partial charge is 0.267 e. The maximum absolute atomic E-state index is 13.7. The normalized spacial score (nSPS) is 10.7. The van der Waals surface area contributed by atoms with Crippen molar-refractivity contribution in [3.05, 3.63) is 76.0 Å². The third-order valence-electron chi connectivity index (χ3n) is 4.46. The van der Waals surface area contributed by atoms with Crippen molar-refractivity contribution < 1.29 is 14.0 Å². The highest BCUT2D eigenvalue weighted by molar-refractivity contribution is 6.06. The zero-order valence-electron chi connectivity index (χ0n) is 15.9.